The van der Waals surface area contributed by atoms with E-state index in [9.17, 15) is 8.78 Å². The van der Waals surface area contributed by atoms with Gasteiger partial charge in [0.05, 0.1) is 0 Å². The Hall–Kier alpha value is -0.220. The predicted octanol–water partition coefficient (Wildman–Crippen LogP) is 2.35. The van der Waals surface area contributed by atoms with Crippen molar-refractivity contribution in [1.82, 2.24) is 10.2 Å². The lowest BCUT2D eigenvalue weighted by molar-refractivity contribution is -0.0547. The molecule has 0 aromatic rings. The molecule has 0 amide bonds. The molecule has 1 aliphatic rings. The number of likely N-dealkylation sites (N-methyl/N-ethyl adjacent to an activating group) is 1. The molecule has 4 heteroatoms. The standard InChI is InChI=1S/C9H18F2N2.C2H6/c1-2-12-5-8-13-6-3-9(10,11)4-7-13;1-2/h12H,2-8H2,1H3;1-2H3. The third kappa shape index (κ3) is 6.79. The van der Waals surface area contributed by atoms with Crippen molar-refractivity contribution in [3.05, 3.63) is 0 Å². The van der Waals surface area contributed by atoms with Crippen molar-refractivity contribution in [1.29, 1.82) is 0 Å². The van der Waals surface area contributed by atoms with Gasteiger partial charge in [-0.15, -0.1) is 0 Å². The Morgan fingerprint density at radius 2 is 1.73 bits per heavy atom. The van der Waals surface area contributed by atoms with Crippen LogP contribution in [0.15, 0.2) is 0 Å². The molecule has 0 aromatic heterocycles. The van der Waals surface area contributed by atoms with Crippen LogP contribution < -0.4 is 5.32 Å². The number of alkyl halides is 2. The van der Waals surface area contributed by atoms with Gasteiger partial charge in [-0.1, -0.05) is 20.8 Å². The summed E-state index contributed by atoms with van der Waals surface area (Å²) in [6.07, 6.45) is 0.0538. The van der Waals surface area contributed by atoms with Gasteiger partial charge < -0.3 is 10.2 Å². The van der Waals surface area contributed by atoms with Crippen LogP contribution in [0.1, 0.15) is 33.6 Å². The van der Waals surface area contributed by atoms with Crippen LogP contribution in [0.3, 0.4) is 0 Å². The highest BCUT2D eigenvalue weighted by Gasteiger charge is 2.33. The molecule has 0 saturated carbocycles. The summed E-state index contributed by atoms with van der Waals surface area (Å²) >= 11 is 0. The second kappa shape index (κ2) is 7.99. The zero-order valence-corrected chi connectivity index (χ0v) is 10.2. The topological polar surface area (TPSA) is 15.3 Å². The minimum Gasteiger partial charge on any atom is -0.316 e. The van der Waals surface area contributed by atoms with Crippen LogP contribution in [0.4, 0.5) is 8.78 Å². The highest BCUT2D eigenvalue weighted by Crippen LogP contribution is 2.27. The molecule has 92 valence electrons. The van der Waals surface area contributed by atoms with Gasteiger partial charge in [-0.3, -0.25) is 0 Å². The first-order valence-corrected chi connectivity index (χ1v) is 5.95. The van der Waals surface area contributed by atoms with Crippen LogP contribution in [0.5, 0.6) is 0 Å². The Bertz CT molecular complexity index is 142. The van der Waals surface area contributed by atoms with E-state index in [1.54, 1.807) is 0 Å². The summed E-state index contributed by atoms with van der Waals surface area (Å²) in [7, 11) is 0. The fraction of sp³-hybridized carbons (Fsp3) is 1.00. The monoisotopic (exact) mass is 222 g/mol. The lowest BCUT2D eigenvalue weighted by Crippen LogP contribution is -2.42. The quantitative estimate of drug-likeness (QED) is 0.735. The molecule has 1 fully saturated rings. The number of halogens is 2. The number of nitrogens with one attached hydrogen (secondary N) is 1. The van der Waals surface area contributed by atoms with E-state index < -0.39 is 5.92 Å². The van der Waals surface area contributed by atoms with Crippen molar-refractivity contribution in [2.45, 2.75) is 39.5 Å². The Morgan fingerprint density at radius 1 is 1.20 bits per heavy atom. The normalized spacial score (nSPS) is 20.6. The SMILES string of the molecule is CC.CCNCCN1CCC(F)(F)CC1. The van der Waals surface area contributed by atoms with Gasteiger partial charge in [-0.05, 0) is 6.54 Å². The molecule has 1 rings (SSSR count). The highest BCUT2D eigenvalue weighted by molar-refractivity contribution is 4.77. The maximum atomic E-state index is 12.7. The summed E-state index contributed by atoms with van der Waals surface area (Å²) in [6, 6.07) is 0. The summed E-state index contributed by atoms with van der Waals surface area (Å²) in [6.45, 7) is 9.87. The van der Waals surface area contributed by atoms with Gasteiger partial charge in [-0.2, -0.15) is 0 Å². The first-order chi connectivity index (χ1) is 7.14. The molecule has 0 aromatic carbocycles. The van der Waals surface area contributed by atoms with Crippen LogP contribution in [0.2, 0.25) is 0 Å². The van der Waals surface area contributed by atoms with E-state index in [4.69, 9.17) is 0 Å². The molecule has 15 heavy (non-hydrogen) atoms. The Balaban J connectivity index is 0.000000921. The van der Waals surface area contributed by atoms with E-state index in [1.165, 1.54) is 0 Å². The van der Waals surface area contributed by atoms with Crippen molar-refractivity contribution in [2.75, 3.05) is 32.7 Å². The number of rotatable bonds is 4. The fourth-order valence-corrected chi connectivity index (χ4v) is 1.52. The van der Waals surface area contributed by atoms with Gasteiger partial charge in [0.25, 0.3) is 5.92 Å². The number of hydrogen-bond donors (Lipinski definition) is 1. The van der Waals surface area contributed by atoms with E-state index in [1.807, 2.05) is 20.8 Å². The predicted molar refractivity (Wildman–Crippen MR) is 60.5 cm³/mol. The van der Waals surface area contributed by atoms with E-state index in [2.05, 4.69) is 10.2 Å². The molecular formula is C11H24F2N2. The summed E-state index contributed by atoms with van der Waals surface area (Å²) in [4.78, 5) is 2.10. The van der Waals surface area contributed by atoms with Crippen molar-refractivity contribution in [3.8, 4) is 0 Å². The molecule has 0 aliphatic carbocycles. The molecule has 0 spiro atoms. The minimum atomic E-state index is -2.41. The van der Waals surface area contributed by atoms with Crippen molar-refractivity contribution in [3.63, 3.8) is 0 Å². The van der Waals surface area contributed by atoms with Gasteiger partial charge in [0.15, 0.2) is 0 Å². The molecule has 2 nitrogen and oxygen atoms in total. The molecule has 1 N–H and O–H groups in total. The van der Waals surface area contributed by atoms with E-state index in [0.717, 1.165) is 19.6 Å². The average molecular weight is 222 g/mol. The third-order valence-electron chi connectivity index (χ3n) is 2.44. The molecule has 0 unspecified atom stereocenters. The maximum Gasteiger partial charge on any atom is 0.250 e. The van der Waals surface area contributed by atoms with Crippen LogP contribution in [0, 0.1) is 0 Å². The zero-order valence-electron chi connectivity index (χ0n) is 10.2. The summed E-state index contributed by atoms with van der Waals surface area (Å²) in [5.74, 6) is -2.41. The molecule has 1 saturated heterocycles. The average Bonchev–Trinajstić information content (AvgIpc) is 2.24. The smallest absolute Gasteiger partial charge is 0.250 e. The van der Waals surface area contributed by atoms with Crippen molar-refractivity contribution in [2.24, 2.45) is 0 Å². The maximum absolute atomic E-state index is 12.7. The van der Waals surface area contributed by atoms with E-state index >= 15 is 0 Å². The van der Waals surface area contributed by atoms with Crippen molar-refractivity contribution < 1.29 is 8.78 Å². The minimum absolute atomic E-state index is 0.0269. The highest BCUT2D eigenvalue weighted by atomic mass is 19.3. The van der Waals surface area contributed by atoms with Gasteiger partial charge in [-0.25, -0.2) is 8.78 Å². The summed E-state index contributed by atoms with van der Waals surface area (Å²) in [5.41, 5.74) is 0. The molecular weight excluding hydrogens is 198 g/mol. The lowest BCUT2D eigenvalue weighted by atomic mass is 10.1. The molecule has 0 atom stereocenters. The summed E-state index contributed by atoms with van der Waals surface area (Å²) < 4.78 is 25.4. The molecule has 1 heterocycles. The largest absolute Gasteiger partial charge is 0.316 e. The van der Waals surface area contributed by atoms with Crippen LogP contribution in [0.25, 0.3) is 0 Å². The van der Waals surface area contributed by atoms with Crippen LogP contribution in [-0.2, 0) is 0 Å². The second-order valence-electron chi connectivity index (χ2n) is 3.55. The summed E-state index contributed by atoms with van der Waals surface area (Å²) in [5, 5.41) is 3.19. The van der Waals surface area contributed by atoms with Crippen molar-refractivity contribution >= 4 is 0 Å². The Labute approximate surface area is 92.0 Å². The van der Waals surface area contributed by atoms with Crippen LogP contribution >= 0.6 is 0 Å². The Kier molecular flexibility index (Phi) is 7.88. The fourth-order valence-electron chi connectivity index (χ4n) is 1.52. The second-order valence-corrected chi connectivity index (χ2v) is 3.55. The number of hydrogen-bond acceptors (Lipinski definition) is 2. The van der Waals surface area contributed by atoms with Gasteiger partial charge >= 0.3 is 0 Å². The first-order valence-electron chi connectivity index (χ1n) is 5.95. The van der Waals surface area contributed by atoms with Gasteiger partial charge in [0, 0.05) is 39.0 Å². The van der Waals surface area contributed by atoms with Gasteiger partial charge in [0.2, 0.25) is 0 Å². The van der Waals surface area contributed by atoms with E-state index in [0.29, 0.717) is 13.1 Å². The zero-order chi connectivity index (χ0) is 11.7. The molecule has 1 aliphatic heterocycles. The first kappa shape index (κ1) is 14.8. The van der Waals surface area contributed by atoms with Crippen LogP contribution in [-0.4, -0.2) is 43.5 Å². The molecule has 0 radical (unpaired) electrons. The Morgan fingerprint density at radius 3 is 2.20 bits per heavy atom. The van der Waals surface area contributed by atoms with E-state index in [-0.39, 0.29) is 12.8 Å². The number of likely N-dealkylation sites (tertiary alicyclic amines) is 1. The third-order valence-corrected chi connectivity index (χ3v) is 2.44. The van der Waals surface area contributed by atoms with Gasteiger partial charge in [0.1, 0.15) is 0 Å². The lowest BCUT2D eigenvalue weighted by Gasteiger charge is -2.31. The number of piperidine rings is 1. The molecule has 0 bridgehead atoms. The number of nitrogens with zero attached hydrogens (tertiary/aromatic N) is 1.